The van der Waals surface area contributed by atoms with E-state index in [0.29, 0.717) is 0 Å². The molecule has 0 saturated heterocycles. The van der Waals surface area contributed by atoms with Crippen molar-refractivity contribution in [3.63, 3.8) is 0 Å². The van der Waals surface area contributed by atoms with Gasteiger partial charge in [0.2, 0.25) is 0 Å². The van der Waals surface area contributed by atoms with Gasteiger partial charge >= 0.3 is 0 Å². The molecule has 0 aromatic heterocycles. The van der Waals surface area contributed by atoms with Crippen LogP contribution < -0.4 is 0 Å². The van der Waals surface area contributed by atoms with Crippen molar-refractivity contribution in [2.24, 2.45) is 0 Å². The van der Waals surface area contributed by atoms with Crippen LogP contribution in [0.5, 0.6) is 0 Å². The topological polar surface area (TPSA) is 0 Å². The minimum Gasteiger partial charge on any atom is -0.253 e. The largest absolute Gasteiger partial charge is 0.253 e. The zero-order valence-corrected chi connectivity index (χ0v) is 8.94. The molecule has 0 bridgehead atoms. The summed E-state index contributed by atoms with van der Waals surface area (Å²) >= 11 is 0. The summed E-state index contributed by atoms with van der Waals surface area (Å²) in [5.41, 5.74) is 1.48. The van der Waals surface area contributed by atoms with E-state index in [0.717, 1.165) is 6.42 Å². The summed E-state index contributed by atoms with van der Waals surface area (Å²) in [7, 11) is 0. The molecule has 1 aliphatic carbocycles. The van der Waals surface area contributed by atoms with Crippen molar-refractivity contribution in [1.82, 2.24) is 0 Å². The van der Waals surface area contributed by atoms with Crippen LogP contribution in [0.1, 0.15) is 32.6 Å². The Hall–Kier alpha value is 0.363. The van der Waals surface area contributed by atoms with Gasteiger partial charge in [-0.2, -0.15) is 5.57 Å². The molecule has 0 amide bonds. The van der Waals surface area contributed by atoms with Gasteiger partial charge in [0.1, 0.15) is 0 Å². The van der Waals surface area contributed by atoms with Crippen LogP contribution in [0, 0.1) is 6.08 Å². The fraction of sp³-hybridized carbons (Fsp3) is 0.556. The monoisotopic (exact) mass is 211 g/mol. The number of allylic oxidation sites excluding steroid dienone is 4. The Labute approximate surface area is 82.5 Å². The molecule has 0 spiro atoms. The molecule has 1 aliphatic rings. The van der Waals surface area contributed by atoms with Crippen LogP contribution in [0.2, 0.25) is 0 Å². The van der Waals surface area contributed by atoms with Crippen LogP contribution in [0.4, 0.5) is 0 Å². The standard InChI is InChI=1S/C9H13.Zr/c1-2-3-6-9-7-4-5-8-9;/h4-5H,2-3,6-7H2,1H3;/q-1;. The number of rotatable bonds is 3. The molecule has 1 heteroatoms. The molecule has 0 N–H and O–H groups in total. The third-order valence-corrected chi connectivity index (χ3v) is 1.60. The predicted octanol–water partition coefficient (Wildman–Crippen LogP) is 2.86. The molecule has 54 valence electrons. The Morgan fingerprint density at radius 1 is 1.60 bits per heavy atom. The molecule has 0 heterocycles. The summed E-state index contributed by atoms with van der Waals surface area (Å²) < 4.78 is 0. The van der Waals surface area contributed by atoms with E-state index >= 15 is 0 Å². The average Bonchev–Trinajstić information content (AvgIpc) is 2.34. The SMILES string of the molecule is CCCCC1=[C-]C=CC1.[Zr]. The summed E-state index contributed by atoms with van der Waals surface area (Å²) in [6, 6.07) is 0. The molecular formula is C9H13Zr-. The Morgan fingerprint density at radius 2 is 2.40 bits per heavy atom. The Bertz CT molecular complexity index is 134. The van der Waals surface area contributed by atoms with E-state index in [9.17, 15) is 0 Å². The molecule has 1 rings (SSSR count). The quantitative estimate of drug-likeness (QED) is 0.631. The second kappa shape index (κ2) is 6.10. The molecule has 0 saturated carbocycles. The summed E-state index contributed by atoms with van der Waals surface area (Å²) in [4.78, 5) is 0. The predicted molar refractivity (Wildman–Crippen MR) is 40.0 cm³/mol. The van der Waals surface area contributed by atoms with E-state index in [-0.39, 0.29) is 26.2 Å². The first kappa shape index (κ1) is 10.4. The normalized spacial score (nSPS) is 14.7. The van der Waals surface area contributed by atoms with Gasteiger partial charge in [-0.05, 0) is 0 Å². The molecule has 0 atom stereocenters. The molecule has 0 nitrogen and oxygen atoms in total. The first-order chi connectivity index (χ1) is 4.43. The Kier molecular flexibility index (Phi) is 6.32. The summed E-state index contributed by atoms with van der Waals surface area (Å²) in [6.45, 7) is 2.23. The first-order valence-electron chi connectivity index (χ1n) is 3.69. The third kappa shape index (κ3) is 3.51. The maximum absolute atomic E-state index is 3.23. The van der Waals surface area contributed by atoms with E-state index in [4.69, 9.17) is 0 Å². The number of hydrogen-bond donors (Lipinski definition) is 0. The maximum atomic E-state index is 3.23. The second-order valence-electron chi connectivity index (χ2n) is 2.46. The van der Waals surface area contributed by atoms with Crippen molar-refractivity contribution < 1.29 is 26.2 Å². The molecule has 0 aromatic rings. The molecule has 0 aliphatic heterocycles. The molecule has 0 aromatic carbocycles. The van der Waals surface area contributed by atoms with Gasteiger partial charge in [-0.25, -0.2) is 12.2 Å². The van der Waals surface area contributed by atoms with Crippen LogP contribution >= 0.6 is 0 Å². The molecular weight excluding hydrogens is 199 g/mol. The third-order valence-electron chi connectivity index (χ3n) is 1.60. The zero-order chi connectivity index (χ0) is 6.53. The van der Waals surface area contributed by atoms with Gasteiger partial charge in [0.15, 0.2) is 0 Å². The van der Waals surface area contributed by atoms with Crippen molar-refractivity contribution in [3.8, 4) is 0 Å². The van der Waals surface area contributed by atoms with Gasteiger partial charge in [0.25, 0.3) is 0 Å². The van der Waals surface area contributed by atoms with Crippen molar-refractivity contribution in [2.45, 2.75) is 32.6 Å². The van der Waals surface area contributed by atoms with E-state index < -0.39 is 0 Å². The maximum Gasteiger partial charge on any atom is 0 e. The van der Waals surface area contributed by atoms with Gasteiger partial charge in [-0.3, -0.25) is 6.08 Å². The van der Waals surface area contributed by atoms with Gasteiger partial charge in [0.05, 0.1) is 0 Å². The molecule has 0 unspecified atom stereocenters. The fourth-order valence-corrected chi connectivity index (χ4v) is 1.00. The zero-order valence-electron chi connectivity index (χ0n) is 6.48. The van der Waals surface area contributed by atoms with Crippen molar-refractivity contribution >= 4 is 0 Å². The van der Waals surface area contributed by atoms with E-state index in [1.165, 1.54) is 24.8 Å². The van der Waals surface area contributed by atoms with Crippen LogP contribution in [0.25, 0.3) is 0 Å². The number of hydrogen-bond acceptors (Lipinski definition) is 0. The summed E-state index contributed by atoms with van der Waals surface area (Å²) in [5.74, 6) is 0. The molecule has 0 fully saturated rings. The van der Waals surface area contributed by atoms with Crippen LogP contribution in [0.15, 0.2) is 17.7 Å². The van der Waals surface area contributed by atoms with Gasteiger partial charge in [-0.1, -0.05) is 32.6 Å². The van der Waals surface area contributed by atoms with Crippen LogP contribution in [0.3, 0.4) is 0 Å². The minimum absolute atomic E-state index is 0. The average molecular weight is 212 g/mol. The van der Waals surface area contributed by atoms with Crippen molar-refractivity contribution in [1.29, 1.82) is 0 Å². The smallest absolute Gasteiger partial charge is 0 e. The summed E-state index contributed by atoms with van der Waals surface area (Å²) in [6.07, 6.45) is 12.5. The van der Waals surface area contributed by atoms with E-state index in [1.807, 2.05) is 6.08 Å². The Balaban J connectivity index is 0.000000810. The van der Waals surface area contributed by atoms with Gasteiger partial charge in [-0.15, -0.1) is 0 Å². The van der Waals surface area contributed by atoms with Crippen LogP contribution in [-0.2, 0) is 26.2 Å². The van der Waals surface area contributed by atoms with Gasteiger partial charge < -0.3 is 0 Å². The number of unbranched alkanes of at least 4 members (excludes halogenated alkanes) is 1. The van der Waals surface area contributed by atoms with Gasteiger partial charge in [0, 0.05) is 26.2 Å². The molecule has 0 radical (unpaired) electrons. The fourth-order valence-electron chi connectivity index (χ4n) is 1.00. The van der Waals surface area contributed by atoms with E-state index in [1.54, 1.807) is 0 Å². The van der Waals surface area contributed by atoms with Crippen LogP contribution in [-0.4, -0.2) is 0 Å². The first-order valence-corrected chi connectivity index (χ1v) is 3.69. The van der Waals surface area contributed by atoms with Crippen molar-refractivity contribution in [3.05, 3.63) is 23.8 Å². The Morgan fingerprint density at radius 3 is 2.90 bits per heavy atom. The van der Waals surface area contributed by atoms with Crippen molar-refractivity contribution in [2.75, 3.05) is 0 Å². The van der Waals surface area contributed by atoms with E-state index in [2.05, 4.69) is 19.1 Å². The minimum atomic E-state index is 0. The summed E-state index contributed by atoms with van der Waals surface area (Å²) in [5, 5.41) is 0. The molecule has 10 heavy (non-hydrogen) atoms. The second-order valence-corrected chi connectivity index (χ2v) is 2.46.